The first-order chi connectivity index (χ1) is 30.5. The summed E-state index contributed by atoms with van der Waals surface area (Å²) in [5.41, 5.74) is 16.6. The molecule has 0 aliphatic heterocycles. The molecule has 3 heteroatoms. The van der Waals surface area contributed by atoms with Gasteiger partial charge in [0.2, 0.25) is 0 Å². The summed E-state index contributed by atoms with van der Waals surface area (Å²) in [5, 5.41) is 9.14. The molecule has 2 heterocycles. The van der Waals surface area contributed by atoms with Crippen molar-refractivity contribution in [1.82, 2.24) is 0 Å². The number of hydrogen-bond donors (Lipinski definition) is 0. The van der Waals surface area contributed by atoms with Gasteiger partial charge in [-0.25, -0.2) is 0 Å². The molecule has 0 saturated carbocycles. The zero-order valence-electron chi connectivity index (χ0n) is 34.3. The summed E-state index contributed by atoms with van der Waals surface area (Å²) in [4.78, 5) is 2.46. The van der Waals surface area contributed by atoms with E-state index >= 15 is 0 Å². The highest BCUT2D eigenvalue weighted by Gasteiger charge is 2.38. The topological polar surface area (TPSA) is 29.5 Å². The van der Waals surface area contributed by atoms with Crippen LogP contribution < -0.4 is 4.90 Å². The number of rotatable bonds is 5. The minimum absolute atomic E-state index is 0.218. The Bertz CT molecular complexity index is 3790. The Labute approximate surface area is 358 Å². The Kier molecular flexibility index (Phi) is 7.36. The predicted molar refractivity (Wildman–Crippen MR) is 259 cm³/mol. The number of anilines is 3. The first kappa shape index (κ1) is 34.9. The monoisotopic (exact) mass is 793 g/mol. The first-order valence-corrected chi connectivity index (χ1v) is 21.4. The lowest BCUT2D eigenvalue weighted by atomic mass is 9.81. The maximum Gasteiger partial charge on any atom is 0.143 e. The van der Waals surface area contributed by atoms with Crippen molar-refractivity contribution in [1.29, 1.82) is 0 Å². The van der Waals surface area contributed by atoms with Crippen LogP contribution in [0.25, 0.3) is 98.8 Å². The average Bonchev–Trinajstić information content (AvgIpc) is 3.98. The summed E-state index contributed by atoms with van der Waals surface area (Å²) in [5.74, 6) is 0. The Hall–Kier alpha value is -7.88. The van der Waals surface area contributed by atoms with E-state index in [4.69, 9.17) is 8.83 Å². The van der Waals surface area contributed by atoms with Gasteiger partial charge in [0.05, 0.1) is 5.69 Å². The molecule has 0 unspecified atom stereocenters. The van der Waals surface area contributed by atoms with E-state index in [9.17, 15) is 0 Å². The van der Waals surface area contributed by atoms with Crippen LogP contribution in [0.3, 0.4) is 0 Å². The van der Waals surface area contributed by atoms with Crippen LogP contribution >= 0.6 is 0 Å². The summed E-state index contributed by atoms with van der Waals surface area (Å²) in [7, 11) is 0. The number of benzene rings is 10. The molecule has 0 amide bonds. The van der Waals surface area contributed by atoms with Gasteiger partial charge in [-0.15, -0.1) is 0 Å². The van der Waals surface area contributed by atoms with Gasteiger partial charge >= 0.3 is 0 Å². The molecule has 0 N–H and O–H groups in total. The van der Waals surface area contributed by atoms with Gasteiger partial charge in [-0.05, 0) is 110 Å². The van der Waals surface area contributed by atoms with Crippen LogP contribution in [0.1, 0.15) is 25.0 Å². The lowest BCUT2D eigenvalue weighted by Crippen LogP contribution is -2.20. The molecule has 0 spiro atoms. The van der Waals surface area contributed by atoms with Crippen LogP contribution in [0.2, 0.25) is 0 Å². The first-order valence-electron chi connectivity index (χ1n) is 21.4. The van der Waals surface area contributed by atoms with Crippen molar-refractivity contribution in [2.24, 2.45) is 0 Å². The number of nitrogens with zero attached hydrogens (tertiary/aromatic N) is 1. The molecule has 12 aromatic rings. The summed E-state index contributed by atoms with van der Waals surface area (Å²) in [6.45, 7) is 4.73. The highest BCUT2D eigenvalue weighted by Crippen LogP contribution is 2.54. The van der Waals surface area contributed by atoms with Gasteiger partial charge in [-0.1, -0.05) is 159 Å². The standard InChI is InChI=1S/C59H39NO2/c1-59(2)50-23-8-7-19-46(50)47-22-10-24-51(56(47)59)60(40-31-27-38(28-32-40)42-20-11-25-52-54(42)48-33-29-36-13-3-5-17-44(36)57(48)61-52)41-16-9-15-39(35-41)43-21-12-26-53-55(43)49-34-30-37-14-4-6-18-45(37)58(49)62-53/h3-35H,1-2H3. The Morgan fingerprint density at radius 2 is 0.935 bits per heavy atom. The van der Waals surface area contributed by atoms with Crippen LogP contribution in [-0.2, 0) is 5.41 Å². The van der Waals surface area contributed by atoms with Crippen LogP contribution in [0.5, 0.6) is 0 Å². The van der Waals surface area contributed by atoms with Gasteiger partial charge < -0.3 is 13.7 Å². The van der Waals surface area contributed by atoms with E-state index in [1.165, 1.54) is 38.7 Å². The van der Waals surface area contributed by atoms with Crippen molar-refractivity contribution in [2.75, 3.05) is 4.90 Å². The van der Waals surface area contributed by atoms with Gasteiger partial charge in [-0.3, -0.25) is 0 Å². The number of hydrogen-bond acceptors (Lipinski definition) is 3. The van der Waals surface area contributed by atoms with Crippen molar-refractivity contribution < 1.29 is 8.83 Å². The van der Waals surface area contributed by atoms with E-state index in [2.05, 4.69) is 219 Å². The zero-order valence-corrected chi connectivity index (χ0v) is 34.3. The Morgan fingerprint density at radius 3 is 1.61 bits per heavy atom. The van der Waals surface area contributed by atoms with Gasteiger partial charge in [0, 0.05) is 49.1 Å². The van der Waals surface area contributed by atoms with E-state index in [-0.39, 0.29) is 5.41 Å². The second-order valence-electron chi connectivity index (χ2n) is 17.2. The summed E-state index contributed by atoms with van der Waals surface area (Å²) < 4.78 is 13.2. The summed E-state index contributed by atoms with van der Waals surface area (Å²) in [6, 6.07) is 72.4. The minimum atomic E-state index is -0.218. The van der Waals surface area contributed by atoms with Crippen LogP contribution in [0.15, 0.2) is 209 Å². The van der Waals surface area contributed by atoms with Crippen molar-refractivity contribution >= 4 is 82.5 Å². The molecule has 10 aromatic carbocycles. The molecule has 0 fully saturated rings. The fraction of sp³-hybridized carbons (Fsp3) is 0.0508. The second kappa shape index (κ2) is 13.1. The molecule has 3 nitrogen and oxygen atoms in total. The zero-order chi connectivity index (χ0) is 41.1. The molecular formula is C59H39NO2. The highest BCUT2D eigenvalue weighted by atomic mass is 16.3. The molecule has 0 radical (unpaired) electrons. The van der Waals surface area contributed by atoms with Gasteiger partial charge in [-0.2, -0.15) is 0 Å². The van der Waals surface area contributed by atoms with Gasteiger partial charge in [0.15, 0.2) is 0 Å². The third kappa shape index (κ3) is 5.00. The lowest BCUT2D eigenvalue weighted by Gasteiger charge is -2.32. The van der Waals surface area contributed by atoms with Crippen molar-refractivity contribution in [2.45, 2.75) is 19.3 Å². The molecule has 62 heavy (non-hydrogen) atoms. The molecule has 0 atom stereocenters. The molecule has 0 saturated heterocycles. The number of furan rings is 2. The van der Waals surface area contributed by atoms with E-state index in [0.717, 1.165) is 88.3 Å². The smallest absolute Gasteiger partial charge is 0.143 e. The SMILES string of the molecule is CC1(C)c2ccccc2-c2cccc(N(c3ccc(-c4cccc5oc6c7ccccc7ccc6c45)cc3)c3cccc(-c4cccc5oc6c7ccccc7ccc6c45)c3)c21. The second-order valence-corrected chi connectivity index (χ2v) is 17.2. The normalized spacial score (nSPS) is 13.1. The van der Waals surface area contributed by atoms with E-state index < -0.39 is 0 Å². The van der Waals surface area contributed by atoms with E-state index in [1.54, 1.807) is 0 Å². The molecule has 1 aliphatic carbocycles. The van der Waals surface area contributed by atoms with Gasteiger partial charge in [0.1, 0.15) is 22.3 Å². The molecule has 0 bridgehead atoms. The molecule has 13 rings (SSSR count). The number of fused-ring (bicyclic) bond motifs is 13. The highest BCUT2D eigenvalue weighted by molar-refractivity contribution is 6.20. The lowest BCUT2D eigenvalue weighted by molar-refractivity contribution is 0.661. The average molecular weight is 794 g/mol. The molecule has 1 aliphatic rings. The minimum Gasteiger partial charge on any atom is -0.455 e. The largest absolute Gasteiger partial charge is 0.455 e. The quantitative estimate of drug-likeness (QED) is 0.174. The maximum absolute atomic E-state index is 6.64. The van der Waals surface area contributed by atoms with E-state index in [0.29, 0.717) is 0 Å². The van der Waals surface area contributed by atoms with Crippen molar-refractivity contribution in [3.05, 3.63) is 211 Å². The Morgan fingerprint density at radius 1 is 0.387 bits per heavy atom. The van der Waals surface area contributed by atoms with Crippen LogP contribution in [0.4, 0.5) is 17.1 Å². The predicted octanol–water partition coefficient (Wildman–Crippen LogP) is 16.9. The van der Waals surface area contributed by atoms with Crippen LogP contribution in [0, 0.1) is 0 Å². The Balaban J connectivity index is 0.999. The van der Waals surface area contributed by atoms with E-state index in [1.807, 2.05) is 0 Å². The maximum atomic E-state index is 6.64. The molecule has 292 valence electrons. The fourth-order valence-corrected chi connectivity index (χ4v) is 10.6. The van der Waals surface area contributed by atoms with Crippen LogP contribution in [-0.4, -0.2) is 0 Å². The van der Waals surface area contributed by atoms with Crippen molar-refractivity contribution in [3.63, 3.8) is 0 Å². The summed E-state index contributed by atoms with van der Waals surface area (Å²) >= 11 is 0. The fourth-order valence-electron chi connectivity index (χ4n) is 10.6. The third-order valence-corrected chi connectivity index (χ3v) is 13.4. The van der Waals surface area contributed by atoms with Gasteiger partial charge in [0.25, 0.3) is 0 Å². The summed E-state index contributed by atoms with van der Waals surface area (Å²) in [6.07, 6.45) is 0. The third-order valence-electron chi connectivity index (χ3n) is 13.4. The molecule has 2 aromatic heterocycles. The van der Waals surface area contributed by atoms with Crippen molar-refractivity contribution in [3.8, 4) is 33.4 Å². The molecular weight excluding hydrogens is 755 g/mol.